The maximum absolute atomic E-state index is 12.9. The van der Waals surface area contributed by atoms with E-state index in [0.717, 1.165) is 64.2 Å². The van der Waals surface area contributed by atoms with Gasteiger partial charge in [0.2, 0.25) is 0 Å². The molecule has 0 heterocycles. The highest BCUT2D eigenvalue weighted by molar-refractivity contribution is 5.71. The molecule has 0 N–H and O–H groups in total. The van der Waals surface area contributed by atoms with Gasteiger partial charge in [-0.15, -0.1) is 0 Å². The summed E-state index contributed by atoms with van der Waals surface area (Å²) >= 11 is 0. The van der Waals surface area contributed by atoms with E-state index in [2.05, 4.69) is 32.9 Å². The molecule has 0 saturated carbocycles. The standard InChI is InChI=1S/C75H144O6/c1-4-7-10-13-16-19-22-25-28-30-31-32-33-34-35-36-37-38-39-40-41-42-43-44-45-46-48-50-53-56-59-62-65-68-74(77)80-71-72(70-79-73(76)67-64-61-58-55-52-49-27-24-21-18-15-12-9-6-3)81-75(78)69-66-63-60-57-54-51-47-29-26-23-20-17-14-11-8-5-2/h29,47,72H,4-28,30-46,48-71H2,1-3H3/b47-29-. The molecule has 0 spiro atoms. The van der Waals surface area contributed by atoms with E-state index in [4.69, 9.17) is 14.2 Å². The van der Waals surface area contributed by atoms with Gasteiger partial charge in [-0.05, 0) is 44.9 Å². The average molecular weight is 1140 g/mol. The second kappa shape index (κ2) is 70.6. The van der Waals surface area contributed by atoms with E-state index in [-0.39, 0.29) is 31.1 Å². The lowest BCUT2D eigenvalue weighted by molar-refractivity contribution is -0.167. The van der Waals surface area contributed by atoms with Crippen LogP contribution in [0.5, 0.6) is 0 Å². The van der Waals surface area contributed by atoms with Crippen LogP contribution in [0.2, 0.25) is 0 Å². The molecule has 0 aliphatic rings. The van der Waals surface area contributed by atoms with Gasteiger partial charge in [0.05, 0.1) is 0 Å². The molecule has 0 bridgehead atoms. The van der Waals surface area contributed by atoms with Crippen LogP contribution in [0.3, 0.4) is 0 Å². The van der Waals surface area contributed by atoms with E-state index in [9.17, 15) is 14.4 Å². The van der Waals surface area contributed by atoms with E-state index < -0.39 is 6.10 Å². The highest BCUT2D eigenvalue weighted by atomic mass is 16.6. The quantitative estimate of drug-likeness (QED) is 0.0261. The molecular weight excluding hydrogens is 997 g/mol. The monoisotopic (exact) mass is 1140 g/mol. The number of esters is 3. The Kier molecular flexibility index (Phi) is 69.0. The lowest BCUT2D eigenvalue weighted by Crippen LogP contribution is -2.30. The Morgan fingerprint density at radius 1 is 0.235 bits per heavy atom. The van der Waals surface area contributed by atoms with Crippen LogP contribution in [0, 0.1) is 0 Å². The Morgan fingerprint density at radius 2 is 0.407 bits per heavy atom. The number of hydrogen-bond donors (Lipinski definition) is 0. The number of allylic oxidation sites excluding steroid dienone is 2. The van der Waals surface area contributed by atoms with Gasteiger partial charge < -0.3 is 14.2 Å². The van der Waals surface area contributed by atoms with Crippen molar-refractivity contribution in [3.63, 3.8) is 0 Å². The first-order chi connectivity index (χ1) is 40.0. The van der Waals surface area contributed by atoms with Gasteiger partial charge in [0.1, 0.15) is 13.2 Å². The van der Waals surface area contributed by atoms with Gasteiger partial charge in [0, 0.05) is 19.3 Å². The number of rotatable bonds is 70. The van der Waals surface area contributed by atoms with Crippen LogP contribution in [0.25, 0.3) is 0 Å². The van der Waals surface area contributed by atoms with E-state index in [1.165, 1.54) is 327 Å². The minimum absolute atomic E-state index is 0.0666. The zero-order valence-electron chi connectivity index (χ0n) is 55.4. The summed E-state index contributed by atoms with van der Waals surface area (Å²) in [7, 11) is 0. The van der Waals surface area contributed by atoms with Gasteiger partial charge >= 0.3 is 17.9 Å². The number of ether oxygens (including phenoxy) is 3. The summed E-state index contributed by atoms with van der Waals surface area (Å²) in [6, 6.07) is 0. The molecule has 6 heteroatoms. The lowest BCUT2D eigenvalue weighted by Gasteiger charge is -2.18. The molecule has 480 valence electrons. The van der Waals surface area contributed by atoms with Crippen molar-refractivity contribution < 1.29 is 28.6 Å². The molecule has 0 rings (SSSR count). The molecule has 0 radical (unpaired) electrons. The van der Waals surface area contributed by atoms with Gasteiger partial charge in [-0.2, -0.15) is 0 Å². The largest absolute Gasteiger partial charge is 0.462 e. The van der Waals surface area contributed by atoms with Crippen molar-refractivity contribution in [3.8, 4) is 0 Å². The van der Waals surface area contributed by atoms with Crippen molar-refractivity contribution in [2.75, 3.05) is 13.2 Å². The molecule has 0 aliphatic heterocycles. The number of carbonyl (C=O) groups excluding carboxylic acids is 3. The Bertz CT molecular complexity index is 1260. The van der Waals surface area contributed by atoms with E-state index in [0.29, 0.717) is 19.3 Å². The van der Waals surface area contributed by atoms with Crippen LogP contribution in [0.1, 0.15) is 432 Å². The Labute approximate surface area is 507 Å². The third kappa shape index (κ3) is 68.8. The Hall–Kier alpha value is -1.85. The van der Waals surface area contributed by atoms with Crippen LogP contribution < -0.4 is 0 Å². The topological polar surface area (TPSA) is 78.9 Å². The van der Waals surface area contributed by atoms with Gasteiger partial charge in [0.25, 0.3) is 0 Å². The Balaban J connectivity index is 4.08. The molecule has 1 atom stereocenters. The minimum atomic E-state index is -0.771. The maximum atomic E-state index is 12.9. The highest BCUT2D eigenvalue weighted by Gasteiger charge is 2.20. The van der Waals surface area contributed by atoms with Gasteiger partial charge in [-0.3, -0.25) is 14.4 Å². The van der Waals surface area contributed by atoms with Crippen LogP contribution in [-0.2, 0) is 28.6 Å². The predicted octanol–water partition coefficient (Wildman–Crippen LogP) is 25.6. The summed E-state index contributed by atoms with van der Waals surface area (Å²) < 4.78 is 17.0. The highest BCUT2D eigenvalue weighted by Crippen LogP contribution is 2.20. The predicted molar refractivity (Wildman–Crippen MR) is 353 cm³/mol. The SMILES string of the molecule is CCCCCCCCC/C=C\CCCCCCCC(=O)OC(COC(=O)CCCCCCCCCCCCCCCC)COC(=O)CCCCCCCCCCCCCCCCCCCCCCCCCCCCCCCCCCC. The fourth-order valence-electron chi connectivity index (χ4n) is 11.7. The summed E-state index contributed by atoms with van der Waals surface area (Å²) in [6.07, 6.45) is 85.6. The molecule has 0 aromatic carbocycles. The molecular formula is C75H144O6. The minimum Gasteiger partial charge on any atom is -0.462 e. The zero-order chi connectivity index (χ0) is 58.5. The zero-order valence-corrected chi connectivity index (χ0v) is 55.4. The first-order valence-corrected chi connectivity index (χ1v) is 37.2. The molecule has 1 unspecified atom stereocenters. The van der Waals surface area contributed by atoms with Crippen molar-refractivity contribution in [2.45, 2.75) is 438 Å². The third-order valence-corrected chi connectivity index (χ3v) is 17.3. The molecule has 0 amide bonds. The summed E-state index contributed by atoms with van der Waals surface area (Å²) in [6.45, 7) is 6.72. The molecule has 6 nitrogen and oxygen atoms in total. The van der Waals surface area contributed by atoms with Crippen LogP contribution in [0.4, 0.5) is 0 Å². The fraction of sp³-hybridized carbons (Fsp3) is 0.933. The second-order valence-corrected chi connectivity index (χ2v) is 25.6. The van der Waals surface area contributed by atoms with Crippen molar-refractivity contribution in [1.29, 1.82) is 0 Å². The van der Waals surface area contributed by atoms with Crippen molar-refractivity contribution in [2.24, 2.45) is 0 Å². The molecule has 0 fully saturated rings. The van der Waals surface area contributed by atoms with Crippen molar-refractivity contribution in [1.82, 2.24) is 0 Å². The third-order valence-electron chi connectivity index (χ3n) is 17.3. The van der Waals surface area contributed by atoms with E-state index >= 15 is 0 Å². The van der Waals surface area contributed by atoms with Crippen molar-refractivity contribution >= 4 is 17.9 Å². The molecule has 0 aromatic heterocycles. The molecule has 0 aromatic rings. The van der Waals surface area contributed by atoms with Gasteiger partial charge in [0.15, 0.2) is 6.10 Å². The van der Waals surface area contributed by atoms with Crippen LogP contribution in [0.15, 0.2) is 12.2 Å². The molecule has 0 saturated heterocycles. The van der Waals surface area contributed by atoms with Gasteiger partial charge in [-0.1, -0.05) is 380 Å². The Morgan fingerprint density at radius 3 is 0.617 bits per heavy atom. The summed E-state index contributed by atoms with van der Waals surface area (Å²) in [5.41, 5.74) is 0. The van der Waals surface area contributed by atoms with Crippen LogP contribution >= 0.6 is 0 Å². The van der Waals surface area contributed by atoms with Crippen LogP contribution in [-0.4, -0.2) is 37.2 Å². The smallest absolute Gasteiger partial charge is 0.306 e. The number of unbranched alkanes of at least 4 members (excludes halogenated alkanes) is 57. The fourth-order valence-corrected chi connectivity index (χ4v) is 11.7. The summed E-state index contributed by atoms with van der Waals surface area (Å²) in [4.78, 5) is 38.4. The summed E-state index contributed by atoms with van der Waals surface area (Å²) in [5.74, 6) is -0.840. The molecule has 81 heavy (non-hydrogen) atoms. The first-order valence-electron chi connectivity index (χ1n) is 37.2. The first kappa shape index (κ1) is 79.2. The van der Waals surface area contributed by atoms with E-state index in [1.807, 2.05) is 0 Å². The lowest BCUT2D eigenvalue weighted by atomic mass is 10.0. The maximum Gasteiger partial charge on any atom is 0.306 e. The van der Waals surface area contributed by atoms with Crippen molar-refractivity contribution in [3.05, 3.63) is 12.2 Å². The number of hydrogen-bond acceptors (Lipinski definition) is 6. The van der Waals surface area contributed by atoms with E-state index in [1.54, 1.807) is 0 Å². The van der Waals surface area contributed by atoms with Gasteiger partial charge in [-0.25, -0.2) is 0 Å². The second-order valence-electron chi connectivity index (χ2n) is 25.6. The summed E-state index contributed by atoms with van der Waals surface area (Å²) in [5, 5.41) is 0. The number of carbonyl (C=O) groups is 3. The normalized spacial score (nSPS) is 12.0. The average Bonchev–Trinajstić information content (AvgIpc) is 3.47. The molecule has 0 aliphatic carbocycles.